The van der Waals surface area contributed by atoms with E-state index in [-0.39, 0.29) is 0 Å². The van der Waals surface area contributed by atoms with Crippen LogP contribution in [0.4, 0.5) is 0 Å². The van der Waals surface area contributed by atoms with Crippen LogP contribution in [-0.4, -0.2) is 14.2 Å². The lowest BCUT2D eigenvalue weighted by molar-refractivity contribution is 0.389. The van der Waals surface area contributed by atoms with Gasteiger partial charge < -0.3 is 15.2 Å². The third-order valence-corrected chi connectivity index (χ3v) is 3.71. The van der Waals surface area contributed by atoms with Crippen LogP contribution in [-0.2, 0) is 5.54 Å². The van der Waals surface area contributed by atoms with Crippen molar-refractivity contribution in [1.29, 1.82) is 0 Å². The molecule has 0 radical (unpaired) electrons. The summed E-state index contributed by atoms with van der Waals surface area (Å²) in [4.78, 5) is 0. The molecule has 0 aliphatic heterocycles. The van der Waals surface area contributed by atoms with E-state index in [4.69, 9.17) is 15.2 Å². The van der Waals surface area contributed by atoms with Crippen LogP contribution in [0.25, 0.3) is 0 Å². The lowest BCUT2D eigenvalue weighted by Crippen LogP contribution is -2.37. The first-order valence-electron chi connectivity index (χ1n) is 6.72. The smallest absolute Gasteiger partial charge is 0.122 e. The van der Waals surface area contributed by atoms with Gasteiger partial charge in [-0.25, -0.2) is 0 Å². The van der Waals surface area contributed by atoms with Crippen molar-refractivity contribution in [2.45, 2.75) is 18.9 Å². The van der Waals surface area contributed by atoms with Crippen LogP contribution < -0.4 is 15.2 Å². The standard InChI is InChI=1S/C17H21NO2/c1-4-17(18,13-8-6-5-7-9-13)14-10-15(19-2)12-16(11-14)20-3/h5-12H,4,18H2,1-3H3. The molecule has 1 atom stereocenters. The summed E-state index contributed by atoms with van der Waals surface area (Å²) in [5, 5.41) is 0. The molecule has 2 N–H and O–H groups in total. The topological polar surface area (TPSA) is 44.5 Å². The number of rotatable bonds is 5. The fourth-order valence-corrected chi connectivity index (χ4v) is 2.38. The van der Waals surface area contributed by atoms with E-state index in [1.807, 2.05) is 36.4 Å². The highest BCUT2D eigenvalue weighted by Gasteiger charge is 2.28. The first-order chi connectivity index (χ1) is 9.63. The Morgan fingerprint density at radius 3 is 1.90 bits per heavy atom. The zero-order valence-corrected chi connectivity index (χ0v) is 12.2. The Morgan fingerprint density at radius 2 is 1.45 bits per heavy atom. The lowest BCUT2D eigenvalue weighted by atomic mass is 9.81. The third kappa shape index (κ3) is 2.63. The Balaban J connectivity index is 2.56. The zero-order chi connectivity index (χ0) is 14.6. The monoisotopic (exact) mass is 271 g/mol. The Labute approximate surface area is 120 Å². The molecular weight excluding hydrogens is 250 g/mol. The molecule has 2 aromatic rings. The van der Waals surface area contributed by atoms with Crippen LogP contribution in [0.3, 0.4) is 0 Å². The van der Waals surface area contributed by atoms with Crippen LogP contribution in [0, 0.1) is 0 Å². The molecule has 2 rings (SSSR count). The Hall–Kier alpha value is -2.00. The normalized spacial score (nSPS) is 13.6. The molecule has 20 heavy (non-hydrogen) atoms. The van der Waals surface area contributed by atoms with Gasteiger partial charge in [-0.1, -0.05) is 37.3 Å². The van der Waals surface area contributed by atoms with Crippen LogP contribution in [0.2, 0.25) is 0 Å². The van der Waals surface area contributed by atoms with E-state index < -0.39 is 5.54 Å². The minimum atomic E-state index is -0.552. The molecule has 0 aromatic heterocycles. The van der Waals surface area contributed by atoms with Crippen LogP contribution in [0.1, 0.15) is 24.5 Å². The molecule has 0 spiro atoms. The van der Waals surface area contributed by atoms with Gasteiger partial charge in [-0.05, 0) is 29.7 Å². The van der Waals surface area contributed by atoms with Crippen LogP contribution in [0.5, 0.6) is 11.5 Å². The van der Waals surface area contributed by atoms with E-state index in [9.17, 15) is 0 Å². The molecule has 0 saturated carbocycles. The van der Waals surface area contributed by atoms with Crippen molar-refractivity contribution in [1.82, 2.24) is 0 Å². The van der Waals surface area contributed by atoms with E-state index in [2.05, 4.69) is 19.1 Å². The maximum atomic E-state index is 6.68. The fourth-order valence-electron chi connectivity index (χ4n) is 2.38. The van der Waals surface area contributed by atoms with Gasteiger partial charge in [-0.2, -0.15) is 0 Å². The van der Waals surface area contributed by atoms with Crippen molar-refractivity contribution in [3.63, 3.8) is 0 Å². The largest absolute Gasteiger partial charge is 0.497 e. The molecule has 0 heterocycles. The second-order valence-electron chi connectivity index (χ2n) is 4.79. The van der Waals surface area contributed by atoms with E-state index in [1.165, 1.54) is 0 Å². The first-order valence-corrected chi connectivity index (χ1v) is 6.72. The van der Waals surface area contributed by atoms with E-state index in [1.54, 1.807) is 14.2 Å². The number of methoxy groups -OCH3 is 2. The van der Waals surface area contributed by atoms with Crippen molar-refractivity contribution in [3.8, 4) is 11.5 Å². The second kappa shape index (κ2) is 5.97. The highest BCUT2D eigenvalue weighted by molar-refractivity contribution is 5.46. The summed E-state index contributed by atoms with van der Waals surface area (Å²) in [5.41, 5.74) is 8.19. The molecule has 1 unspecified atom stereocenters. The zero-order valence-electron chi connectivity index (χ0n) is 12.2. The average molecular weight is 271 g/mol. The molecule has 3 heteroatoms. The van der Waals surface area contributed by atoms with Gasteiger partial charge in [-0.3, -0.25) is 0 Å². The Bertz CT molecular complexity index is 546. The highest BCUT2D eigenvalue weighted by Crippen LogP contribution is 2.35. The van der Waals surface area contributed by atoms with Gasteiger partial charge in [0.25, 0.3) is 0 Å². The third-order valence-electron chi connectivity index (χ3n) is 3.71. The van der Waals surface area contributed by atoms with Crippen LogP contribution in [0.15, 0.2) is 48.5 Å². The fraction of sp³-hybridized carbons (Fsp3) is 0.294. The van der Waals surface area contributed by atoms with E-state index in [0.29, 0.717) is 0 Å². The minimum Gasteiger partial charge on any atom is -0.497 e. The summed E-state index contributed by atoms with van der Waals surface area (Å²) in [6, 6.07) is 15.9. The first kappa shape index (κ1) is 14.4. The Kier molecular flexibility index (Phi) is 4.30. The van der Waals surface area contributed by atoms with Crippen LogP contribution >= 0.6 is 0 Å². The lowest BCUT2D eigenvalue weighted by Gasteiger charge is -2.30. The van der Waals surface area contributed by atoms with Crippen molar-refractivity contribution in [2.24, 2.45) is 5.73 Å². The predicted octanol–water partition coefficient (Wildman–Crippen LogP) is 3.32. The SMILES string of the molecule is CCC(N)(c1ccccc1)c1cc(OC)cc(OC)c1. The van der Waals surface area contributed by atoms with Gasteiger partial charge in [-0.15, -0.1) is 0 Å². The molecule has 0 aliphatic rings. The maximum absolute atomic E-state index is 6.68. The van der Waals surface area contributed by atoms with Gasteiger partial charge >= 0.3 is 0 Å². The number of hydrogen-bond acceptors (Lipinski definition) is 3. The predicted molar refractivity (Wildman–Crippen MR) is 81.2 cm³/mol. The summed E-state index contributed by atoms with van der Waals surface area (Å²) in [6.45, 7) is 2.08. The van der Waals surface area contributed by atoms with Gasteiger partial charge in [0.05, 0.1) is 19.8 Å². The molecule has 2 aromatic carbocycles. The molecule has 0 bridgehead atoms. The van der Waals surface area contributed by atoms with Crippen molar-refractivity contribution < 1.29 is 9.47 Å². The molecule has 0 fully saturated rings. The van der Waals surface area contributed by atoms with E-state index in [0.717, 1.165) is 29.0 Å². The quantitative estimate of drug-likeness (QED) is 0.907. The number of benzene rings is 2. The van der Waals surface area contributed by atoms with Gasteiger partial charge in [0.1, 0.15) is 11.5 Å². The molecule has 0 saturated heterocycles. The van der Waals surface area contributed by atoms with E-state index >= 15 is 0 Å². The number of ether oxygens (including phenoxy) is 2. The highest BCUT2D eigenvalue weighted by atomic mass is 16.5. The summed E-state index contributed by atoms with van der Waals surface area (Å²) in [7, 11) is 3.29. The van der Waals surface area contributed by atoms with Crippen molar-refractivity contribution >= 4 is 0 Å². The second-order valence-corrected chi connectivity index (χ2v) is 4.79. The number of nitrogens with two attached hydrogens (primary N) is 1. The van der Waals surface area contributed by atoms with Crippen molar-refractivity contribution in [3.05, 3.63) is 59.7 Å². The summed E-state index contributed by atoms with van der Waals surface area (Å²) in [6.07, 6.45) is 0.785. The Morgan fingerprint density at radius 1 is 0.900 bits per heavy atom. The molecule has 106 valence electrons. The van der Waals surface area contributed by atoms with Gasteiger partial charge in [0.15, 0.2) is 0 Å². The van der Waals surface area contributed by atoms with Crippen molar-refractivity contribution in [2.75, 3.05) is 14.2 Å². The maximum Gasteiger partial charge on any atom is 0.122 e. The molecule has 0 amide bonds. The number of hydrogen-bond donors (Lipinski definition) is 1. The molecule has 0 aliphatic carbocycles. The van der Waals surface area contributed by atoms with Gasteiger partial charge in [0.2, 0.25) is 0 Å². The molecular formula is C17H21NO2. The summed E-state index contributed by atoms with van der Waals surface area (Å²) < 4.78 is 10.7. The molecule has 3 nitrogen and oxygen atoms in total. The van der Waals surface area contributed by atoms with Gasteiger partial charge in [0, 0.05) is 6.07 Å². The minimum absolute atomic E-state index is 0.552. The average Bonchev–Trinajstić information content (AvgIpc) is 2.54. The summed E-state index contributed by atoms with van der Waals surface area (Å²) >= 11 is 0. The summed E-state index contributed by atoms with van der Waals surface area (Å²) in [5.74, 6) is 1.50.